The van der Waals surface area contributed by atoms with Crippen molar-refractivity contribution in [2.75, 3.05) is 13.6 Å². The van der Waals surface area contributed by atoms with Gasteiger partial charge in [0.05, 0.1) is 14.7 Å². The maximum atomic E-state index is 4.59. The Bertz CT molecular complexity index is 1030. The fourth-order valence-electron chi connectivity index (χ4n) is 5.32. The number of aromatic nitrogens is 1. The van der Waals surface area contributed by atoms with Gasteiger partial charge in [-0.05, 0) is 56.3 Å². The molecule has 0 bridgehead atoms. The van der Waals surface area contributed by atoms with E-state index in [1.54, 1.807) is 5.19 Å². The summed E-state index contributed by atoms with van der Waals surface area (Å²) in [5.41, 5.74) is 8.16. The van der Waals surface area contributed by atoms with E-state index in [1.807, 2.05) is 7.05 Å². The minimum absolute atomic E-state index is 0.244. The molecule has 0 saturated carbocycles. The quantitative estimate of drug-likeness (QED) is 0.196. The van der Waals surface area contributed by atoms with Crippen molar-refractivity contribution in [2.45, 2.75) is 65.1 Å². The second kappa shape index (κ2) is 11.3. The van der Waals surface area contributed by atoms with Gasteiger partial charge in [0.1, 0.15) is 0 Å². The summed E-state index contributed by atoms with van der Waals surface area (Å²) < 4.78 is 2.57. The SMILES string of the molecule is C=C(/C=C\C)CCC1c2ccccc2-c2cc(CC(C)C)c([Si](C)C)c[n+]2C1C(=C)CNC. The molecule has 33 heavy (non-hydrogen) atoms. The Morgan fingerprint density at radius 3 is 2.58 bits per heavy atom. The van der Waals surface area contributed by atoms with Crippen LogP contribution in [0.3, 0.4) is 0 Å². The minimum Gasteiger partial charge on any atom is -0.316 e. The molecule has 0 spiro atoms. The first-order valence-electron chi connectivity index (χ1n) is 12.4. The first-order valence-corrected chi connectivity index (χ1v) is 14.9. The average Bonchev–Trinajstić information content (AvgIpc) is 2.76. The Kier molecular flexibility index (Phi) is 8.67. The minimum atomic E-state index is -0.596. The molecule has 0 amide bonds. The predicted octanol–water partition coefficient (Wildman–Crippen LogP) is 6.13. The second-order valence-electron chi connectivity index (χ2n) is 10.1. The van der Waals surface area contributed by atoms with Gasteiger partial charge in [-0.1, -0.05) is 76.0 Å². The third kappa shape index (κ3) is 5.64. The van der Waals surface area contributed by atoms with Crippen molar-refractivity contribution in [1.82, 2.24) is 5.32 Å². The summed E-state index contributed by atoms with van der Waals surface area (Å²) in [6.45, 7) is 21.3. The molecule has 1 aliphatic rings. The largest absolute Gasteiger partial charge is 0.316 e. The van der Waals surface area contributed by atoms with E-state index >= 15 is 0 Å². The molecule has 2 aromatic rings. The van der Waals surface area contributed by atoms with E-state index in [2.05, 4.69) is 106 Å². The molecule has 2 unspecified atom stereocenters. The van der Waals surface area contributed by atoms with E-state index in [1.165, 1.54) is 33.5 Å². The van der Waals surface area contributed by atoms with Gasteiger partial charge in [-0.15, -0.1) is 0 Å². The molecule has 2 nitrogen and oxygen atoms in total. The molecule has 1 radical (unpaired) electrons. The van der Waals surface area contributed by atoms with E-state index in [9.17, 15) is 0 Å². The zero-order chi connectivity index (χ0) is 24.1. The zero-order valence-corrected chi connectivity index (χ0v) is 22.5. The van der Waals surface area contributed by atoms with Crippen LogP contribution < -0.4 is 15.1 Å². The number of hydrogen-bond donors (Lipinski definition) is 1. The van der Waals surface area contributed by atoms with Crippen LogP contribution >= 0.6 is 0 Å². The molecule has 0 fully saturated rings. The topological polar surface area (TPSA) is 15.9 Å². The first kappa shape index (κ1) is 25.4. The highest BCUT2D eigenvalue weighted by Crippen LogP contribution is 2.43. The van der Waals surface area contributed by atoms with E-state index in [-0.39, 0.29) is 6.04 Å². The summed E-state index contributed by atoms with van der Waals surface area (Å²) in [7, 11) is 1.42. The first-order chi connectivity index (χ1) is 15.8. The standard InChI is InChI=1S/C30H42N2Si/c1-9-12-22(4)15-16-27-25-13-10-11-14-26(25)28-18-24(17-21(2)3)29(33(7)8)20-32(28)30(27)23(5)19-31-6/h9-14,18,20-21,27,30-31H,4-5,15-17,19H2,1-3,6-8H3/q+1/b12-9-. The van der Waals surface area contributed by atoms with E-state index in [4.69, 9.17) is 0 Å². The van der Waals surface area contributed by atoms with Crippen LogP contribution in [0.2, 0.25) is 13.1 Å². The molecule has 1 aromatic carbocycles. The number of allylic oxidation sites excluding steroid dienone is 3. The molecule has 3 rings (SSSR count). The van der Waals surface area contributed by atoms with Crippen LogP contribution in [-0.2, 0) is 6.42 Å². The molecule has 1 aliphatic heterocycles. The maximum absolute atomic E-state index is 4.59. The molecular weight excluding hydrogens is 416 g/mol. The highest BCUT2D eigenvalue weighted by atomic mass is 28.3. The van der Waals surface area contributed by atoms with Crippen molar-refractivity contribution in [3.8, 4) is 11.3 Å². The van der Waals surface area contributed by atoms with Crippen LogP contribution in [0.25, 0.3) is 11.3 Å². The van der Waals surface area contributed by atoms with Crippen LogP contribution in [0, 0.1) is 5.92 Å². The molecule has 1 N–H and O–H groups in total. The summed E-state index contributed by atoms with van der Waals surface area (Å²) in [6.07, 6.45) is 9.93. The Morgan fingerprint density at radius 2 is 1.94 bits per heavy atom. The fourth-order valence-corrected chi connectivity index (χ4v) is 6.53. The maximum Gasteiger partial charge on any atom is 0.213 e. The van der Waals surface area contributed by atoms with E-state index in [0.717, 1.165) is 25.8 Å². The molecule has 2 heterocycles. The van der Waals surface area contributed by atoms with Crippen LogP contribution in [0.4, 0.5) is 0 Å². The zero-order valence-electron chi connectivity index (χ0n) is 21.5. The number of rotatable bonds is 10. The number of hydrogen-bond acceptors (Lipinski definition) is 1. The predicted molar refractivity (Wildman–Crippen MR) is 146 cm³/mol. The number of nitrogens with one attached hydrogen (secondary N) is 1. The highest BCUT2D eigenvalue weighted by molar-refractivity contribution is 6.71. The van der Waals surface area contributed by atoms with Crippen molar-refractivity contribution in [3.63, 3.8) is 0 Å². The van der Waals surface area contributed by atoms with Gasteiger partial charge >= 0.3 is 0 Å². The summed E-state index contributed by atoms with van der Waals surface area (Å²) in [6, 6.07) is 11.8. The highest BCUT2D eigenvalue weighted by Gasteiger charge is 2.42. The monoisotopic (exact) mass is 458 g/mol. The van der Waals surface area contributed by atoms with Crippen LogP contribution in [0.15, 0.2) is 73.0 Å². The van der Waals surface area contributed by atoms with Gasteiger partial charge in [-0.25, -0.2) is 0 Å². The van der Waals surface area contributed by atoms with Gasteiger partial charge in [0.15, 0.2) is 12.2 Å². The van der Waals surface area contributed by atoms with E-state index < -0.39 is 8.80 Å². The summed E-state index contributed by atoms with van der Waals surface area (Å²) in [5.74, 6) is 1.03. The lowest BCUT2D eigenvalue weighted by Gasteiger charge is -2.33. The Hall–Kier alpha value is -2.23. The lowest BCUT2D eigenvalue weighted by Crippen LogP contribution is -2.52. The number of likely N-dealkylation sites (N-methyl/N-ethyl adjacent to an activating group) is 1. The molecule has 2 atom stereocenters. The van der Waals surface area contributed by atoms with Gasteiger partial charge in [0, 0.05) is 28.9 Å². The molecule has 3 heteroatoms. The molecule has 1 aromatic heterocycles. The summed E-state index contributed by atoms with van der Waals surface area (Å²) in [4.78, 5) is 0. The molecular formula is C30H42N2Si+. The fraction of sp³-hybridized carbons (Fsp3) is 0.433. The number of benzene rings is 1. The molecule has 175 valence electrons. The lowest BCUT2D eigenvalue weighted by atomic mass is 9.77. The lowest BCUT2D eigenvalue weighted by molar-refractivity contribution is -0.708. The summed E-state index contributed by atoms with van der Waals surface area (Å²) in [5, 5.41) is 4.93. The van der Waals surface area contributed by atoms with Gasteiger partial charge in [-0.2, -0.15) is 4.57 Å². The average molecular weight is 459 g/mol. The smallest absolute Gasteiger partial charge is 0.213 e. The van der Waals surface area contributed by atoms with Crippen LogP contribution in [0.1, 0.15) is 56.7 Å². The van der Waals surface area contributed by atoms with Crippen molar-refractivity contribution >= 4 is 14.0 Å². The van der Waals surface area contributed by atoms with Crippen LogP contribution in [0.5, 0.6) is 0 Å². The van der Waals surface area contributed by atoms with Crippen molar-refractivity contribution in [1.29, 1.82) is 0 Å². The number of pyridine rings is 1. The van der Waals surface area contributed by atoms with Crippen molar-refractivity contribution < 1.29 is 4.57 Å². The normalized spacial score (nSPS) is 17.5. The summed E-state index contributed by atoms with van der Waals surface area (Å²) >= 11 is 0. The Labute approximate surface area is 203 Å². The van der Waals surface area contributed by atoms with Crippen molar-refractivity contribution in [3.05, 3.63) is 84.1 Å². The van der Waals surface area contributed by atoms with Crippen molar-refractivity contribution in [2.24, 2.45) is 5.92 Å². The second-order valence-corrected chi connectivity index (χ2v) is 12.7. The Balaban J connectivity index is 2.21. The Morgan fingerprint density at radius 1 is 1.21 bits per heavy atom. The van der Waals surface area contributed by atoms with E-state index in [0.29, 0.717) is 11.8 Å². The van der Waals surface area contributed by atoms with Gasteiger partial charge in [-0.3, -0.25) is 0 Å². The third-order valence-corrected chi connectivity index (χ3v) is 8.22. The number of fused-ring (bicyclic) bond motifs is 3. The van der Waals surface area contributed by atoms with Crippen LogP contribution in [-0.4, -0.2) is 22.4 Å². The third-order valence-electron chi connectivity index (χ3n) is 6.69. The molecule has 0 aliphatic carbocycles. The number of nitrogens with zero attached hydrogens (tertiary/aromatic N) is 1. The van der Waals surface area contributed by atoms with Gasteiger partial charge in [0.25, 0.3) is 0 Å². The molecule has 0 saturated heterocycles. The van der Waals surface area contributed by atoms with Gasteiger partial charge in [0.2, 0.25) is 5.69 Å². The van der Waals surface area contributed by atoms with Gasteiger partial charge < -0.3 is 5.32 Å².